The zero-order valence-electron chi connectivity index (χ0n) is 12.7. The molecule has 0 atom stereocenters. The van der Waals surface area contributed by atoms with E-state index in [-0.39, 0.29) is 0 Å². The van der Waals surface area contributed by atoms with Crippen LogP contribution in [-0.4, -0.2) is 15.8 Å². The largest absolute Gasteiger partial charge is 0.295 e. The van der Waals surface area contributed by atoms with Gasteiger partial charge >= 0.3 is 0 Å². The van der Waals surface area contributed by atoms with Crippen LogP contribution in [0, 0.1) is 6.92 Å². The lowest BCUT2D eigenvalue weighted by atomic mass is 10.2. The molecule has 2 aromatic carbocycles. The van der Waals surface area contributed by atoms with Gasteiger partial charge in [-0.25, -0.2) is 4.98 Å². The van der Waals surface area contributed by atoms with Crippen molar-refractivity contribution in [3.63, 3.8) is 0 Å². The van der Waals surface area contributed by atoms with Gasteiger partial charge in [-0.1, -0.05) is 41.6 Å². The van der Waals surface area contributed by atoms with Crippen molar-refractivity contribution in [1.82, 2.24) is 9.55 Å². The lowest BCUT2D eigenvalue weighted by Gasteiger charge is -2.08. The average Bonchev–Trinajstić information content (AvgIpc) is 3.02. The number of hydrogen-bond acceptors (Lipinski definition) is 3. The Labute approximate surface area is 140 Å². The molecule has 0 spiro atoms. The molecule has 0 amide bonds. The van der Waals surface area contributed by atoms with Crippen molar-refractivity contribution in [2.24, 2.45) is 0 Å². The Morgan fingerprint density at radius 2 is 1.73 bits per heavy atom. The summed E-state index contributed by atoms with van der Waals surface area (Å²) in [5, 5.41) is 1.03. The SMILES string of the molecule is CSc1ccc(CSc2nccn2-c2ccc(C)cc2)cc1. The second-order valence-corrected chi connectivity index (χ2v) is 6.87. The number of imidazole rings is 1. The van der Waals surface area contributed by atoms with Crippen molar-refractivity contribution in [1.29, 1.82) is 0 Å². The van der Waals surface area contributed by atoms with Crippen molar-refractivity contribution >= 4 is 23.5 Å². The van der Waals surface area contributed by atoms with Gasteiger partial charge in [-0.05, 0) is 43.0 Å². The summed E-state index contributed by atoms with van der Waals surface area (Å²) in [6, 6.07) is 17.3. The molecule has 0 bridgehead atoms. The normalized spacial score (nSPS) is 10.8. The van der Waals surface area contributed by atoms with E-state index in [0.29, 0.717) is 0 Å². The van der Waals surface area contributed by atoms with Crippen LogP contribution in [0.25, 0.3) is 5.69 Å². The average molecular weight is 326 g/mol. The molecule has 4 heteroatoms. The number of aryl methyl sites for hydroxylation is 1. The van der Waals surface area contributed by atoms with E-state index in [4.69, 9.17) is 0 Å². The molecule has 112 valence electrons. The van der Waals surface area contributed by atoms with E-state index in [0.717, 1.165) is 16.6 Å². The van der Waals surface area contributed by atoms with Gasteiger partial charge in [-0.2, -0.15) is 0 Å². The van der Waals surface area contributed by atoms with Crippen LogP contribution in [0.5, 0.6) is 0 Å². The second kappa shape index (κ2) is 7.07. The number of aromatic nitrogens is 2. The molecule has 3 rings (SSSR count). The van der Waals surface area contributed by atoms with Crippen LogP contribution in [0.4, 0.5) is 0 Å². The summed E-state index contributed by atoms with van der Waals surface area (Å²) in [4.78, 5) is 5.79. The van der Waals surface area contributed by atoms with Crippen LogP contribution < -0.4 is 0 Å². The number of benzene rings is 2. The zero-order valence-corrected chi connectivity index (χ0v) is 14.3. The standard InChI is InChI=1S/C18H18N2S2/c1-14-3-7-16(8-4-14)20-12-11-19-18(20)22-13-15-5-9-17(21-2)10-6-15/h3-12H,13H2,1-2H3. The first-order valence-electron chi connectivity index (χ1n) is 7.12. The molecule has 0 unspecified atom stereocenters. The van der Waals surface area contributed by atoms with Gasteiger partial charge in [-0.15, -0.1) is 11.8 Å². The summed E-state index contributed by atoms with van der Waals surface area (Å²) in [5.74, 6) is 0.928. The third-order valence-corrected chi connectivity index (χ3v) is 5.23. The van der Waals surface area contributed by atoms with E-state index in [9.17, 15) is 0 Å². The predicted octanol–water partition coefficient (Wildman–Crippen LogP) is 5.19. The quantitative estimate of drug-likeness (QED) is 0.601. The van der Waals surface area contributed by atoms with Gasteiger partial charge in [0.2, 0.25) is 0 Å². The smallest absolute Gasteiger partial charge is 0.172 e. The Hall–Kier alpha value is -1.65. The Morgan fingerprint density at radius 3 is 2.41 bits per heavy atom. The molecule has 1 heterocycles. The van der Waals surface area contributed by atoms with Crippen LogP contribution in [0.1, 0.15) is 11.1 Å². The first-order chi connectivity index (χ1) is 10.8. The Kier molecular flexibility index (Phi) is 4.90. The fourth-order valence-electron chi connectivity index (χ4n) is 2.17. The Bertz CT molecular complexity index is 731. The van der Waals surface area contributed by atoms with Crippen LogP contribution in [0.3, 0.4) is 0 Å². The van der Waals surface area contributed by atoms with Gasteiger partial charge in [0.05, 0.1) is 0 Å². The van der Waals surface area contributed by atoms with E-state index in [1.807, 2.05) is 12.4 Å². The fourth-order valence-corrected chi connectivity index (χ4v) is 3.51. The molecular weight excluding hydrogens is 308 g/mol. The van der Waals surface area contributed by atoms with Crippen molar-refractivity contribution < 1.29 is 0 Å². The van der Waals surface area contributed by atoms with Crippen LogP contribution >= 0.6 is 23.5 Å². The molecule has 22 heavy (non-hydrogen) atoms. The van der Waals surface area contributed by atoms with Crippen molar-refractivity contribution in [2.45, 2.75) is 22.7 Å². The molecule has 1 aromatic heterocycles. The fraction of sp³-hybridized carbons (Fsp3) is 0.167. The molecule has 0 aliphatic rings. The number of hydrogen-bond donors (Lipinski definition) is 0. The van der Waals surface area contributed by atoms with E-state index in [1.54, 1.807) is 23.5 Å². The minimum absolute atomic E-state index is 0.928. The summed E-state index contributed by atoms with van der Waals surface area (Å²) in [5.41, 5.74) is 3.75. The summed E-state index contributed by atoms with van der Waals surface area (Å²) < 4.78 is 2.14. The van der Waals surface area contributed by atoms with Crippen LogP contribution in [0.2, 0.25) is 0 Å². The lowest BCUT2D eigenvalue weighted by molar-refractivity contribution is 0.894. The molecule has 0 fully saturated rings. The maximum Gasteiger partial charge on any atom is 0.172 e. The monoisotopic (exact) mass is 326 g/mol. The van der Waals surface area contributed by atoms with Crippen LogP contribution in [0.15, 0.2) is 71.0 Å². The third-order valence-electron chi connectivity index (χ3n) is 3.45. The Morgan fingerprint density at radius 1 is 1.00 bits per heavy atom. The molecule has 0 aliphatic heterocycles. The van der Waals surface area contributed by atoms with E-state index >= 15 is 0 Å². The molecule has 0 saturated heterocycles. The van der Waals surface area contributed by atoms with E-state index < -0.39 is 0 Å². The maximum absolute atomic E-state index is 4.49. The zero-order chi connectivity index (χ0) is 15.4. The second-order valence-electron chi connectivity index (χ2n) is 5.05. The highest BCUT2D eigenvalue weighted by atomic mass is 32.2. The summed E-state index contributed by atoms with van der Waals surface area (Å²) >= 11 is 3.54. The van der Waals surface area contributed by atoms with Crippen molar-refractivity contribution in [2.75, 3.05) is 6.26 Å². The Balaban J connectivity index is 1.73. The number of thioether (sulfide) groups is 2. The third kappa shape index (κ3) is 3.57. The van der Waals surface area contributed by atoms with E-state index in [2.05, 4.69) is 71.3 Å². The number of nitrogens with zero attached hydrogens (tertiary/aromatic N) is 2. The van der Waals surface area contributed by atoms with Crippen molar-refractivity contribution in [3.05, 3.63) is 72.1 Å². The summed E-state index contributed by atoms with van der Waals surface area (Å²) in [6.45, 7) is 2.10. The van der Waals surface area contributed by atoms with Crippen molar-refractivity contribution in [3.8, 4) is 5.69 Å². The molecule has 0 N–H and O–H groups in total. The maximum atomic E-state index is 4.49. The topological polar surface area (TPSA) is 17.8 Å². The van der Waals surface area contributed by atoms with Crippen LogP contribution in [-0.2, 0) is 5.75 Å². The highest BCUT2D eigenvalue weighted by Gasteiger charge is 2.06. The van der Waals surface area contributed by atoms with Gasteiger partial charge in [0.15, 0.2) is 5.16 Å². The molecular formula is C18H18N2S2. The highest BCUT2D eigenvalue weighted by Crippen LogP contribution is 2.25. The number of rotatable bonds is 5. The van der Waals surface area contributed by atoms with Gasteiger partial charge in [0, 0.05) is 28.7 Å². The minimum atomic E-state index is 0.928. The molecule has 2 nitrogen and oxygen atoms in total. The highest BCUT2D eigenvalue weighted by molar-refractivity contribution is 7.98. The predicted molar refractivity (Wildman–Crippen MR) is 96.1 cm³/mol. The molecule has 0 saturated carbocycles. The molecule has 0 radical (unpaired) electrons. The first-order valence-corrected chi connectivity index (χ1v) is 9.33. The summed E-state index contributed by atoms with van der Waals surface area (Å²) in [7, 11) is 0. The lowest BCUT2D eigenvalue weighted by Crippen LogP contribution is -1.95. The van der Waals surface area contributed by atoms with Gasteiger partial charge in [-0.3, -0.25) is 4.57 Å². The van der Waals surface area contributed by atoms with Gasteiger partial charge < -0.3 is 0 Å². The first kappa shape index (κ1) is 15.3. The molecule has 0 aliphatic carbocycles. The van der Waals surface area contributed by atoms with Gasteiger partial charge in [0.25, 0.3) is 0 Å². The minimum Gasteiger partial charge on any atom is -0.295 e. The summed E-state index contributed by atoms with van der Waals surface area (Å²) in [6.07, 6.45) is 5.98. The molecule has 3 aromatic rings. The van der Waals surface area contributed by atoms with E-state index in [1.165, 1.54) is 16.0 Å². The van der Waals surface area contributed by atoms with Gasteiger partial charge in [0.1, 0.15) is 0 Å².